The lowest BCUT2D eigenvalue weighted by molar-refractivity contribution is -0.139. The average molecular weight is 346 g/mol. The third-order valence-electron chi connectivity index (χ3n) is 3.85. The highest BCUT2D eigenvalue weighted by Gasteiger charge is 2.27. The third kappa shape index (κ3) is 6.95. The van der Waals surface area contributed by atoms with E-state index in [9.17, 15) is 9.59 Å². The van der Waals surface area contributed by atoms with Gasteiger partial charge < -0.3 is 14.4 Å². The summed E-state index contributed by atoms with van der Waals surface area (Å²) in [5.41, 5.74) is 0.419. The predicted octanol–water partition coefficient (Wildman–Crippen LogP) is 3.29. The van der Waals surface area contributed by atoms with Crippen LogP contribution in [0.5, 0.6) is 0 Å². The quantitative estimate of drug-likeness (QED) is 0.618. The molecule has 6 nitrogen and oxygen atoms in total. The maximum atomic E-state index is 12.0. The molecule has 0 unspecified atom stereocenters. The van der Waals surface area contributed by atoms with E-state index in [4.69, 9.17) is 9.47 Å². The van der Waals surface area contributed by atoms with Crippen molar-refractivity contribution in [3.8, 4) is 0 Å². The summed E-state index contributed by atoms with van der Waals surface area (Å²) in [5.74, 6) is -0.0802. The number of piperidine rings is 1. The first-order valence-corrected chi connectivity index (χ1v) is 8.56. The Bertz CT molecular complexity index is 600. The van der Waals surface area contributed by atoms with Gasteiger partial charge in [0, 0.05) is 31.6 Å². The normalized spacial score (nSPS) is 16.0. The molecule has 2 rings (SSSR count). The van der Waals surface area contributed by atoms with Crippen LogP contribution >= 0.6 is 0 Å². The van der Waals surface area contributed by atoms with Crippen molar-refractivity contribution in [2.45, 2.75) is 39.2 Å². The minimum absolute atomic E-state index is 0.275. The number of likely N-dealkylation sites (tertiary alicyclic amines) is 1. The number of nitrogens with zero attached hydrogens (tertiary/aromatic N) is 2. The number of aromatic nitrogens is 1. The van der Waals surface area contributed by atoms with Crippen molar-refractivity contribution in [1.29, 1.82) is 0 Å². The first-order valence-electron chi connectivity index (χ1n) is 8.56. The highest BCUT2D eigenvalue weighted by molar-refractivity contribution is 5.86. The molecule has 0 bridgehead atoms. The molecule has 1 aliphatic heterocycles. The lowest BCUT2D eigenvalue weighted by atomic mass is 9.98. The van der Waals surface area contributed by atoms with Crippen LogP contribution in [0.15, 0.2) is 30.6 Å². The SMILES string of the molecule is CC(C)(C)OC(=O)N1CCC(COC(=O)/C=C/c2ccncc2)CC1. The molecule has 0 atom stereocenters. The molecular formula is C19H26N2O4. The maximum absolute atomic E-state index is 12.0. The number of carbonyl (C=O) groups is 2. The minimum atomic E-state index is -0.482. The van der Waals surface area contributed by atoms with Gasteiger partial charge in [0.2, 0.25) is 0 Å². The van der Waals surface area contributed by atoms with E-state index in [-0.39, 0.29) is 18.0 Å². The van der Waals surface area contributed by atoms with Gasteiger partial charge in [0.25, 0.3) is 0 Å². The smallest absolute Gasteiger partial charge is 0.410 e. The molecule has 0 saturated carbocycles. The van der Waals surface area contributed by atoms with Crippen LogP contribution in [0.1, 0.15) is 39.2 Å². The Kier molecular flexibility index (Phi) is 6.56. The van der Waals surface area contributed by atoms with E-state index in [1.54, 1.807) is 23.4 Å². The molecule has 0 radical (unpaired) electrons. The van der Waals surface area contributed by atoms with Crippen molar-refractivity contribution in [1.82, 2.24) is 9.88 Å². The number of ether oxygens (including phenoxy) is 2. The first kappa shape index (κ1) is 19.0. The topological polar surface area (TPSA) is 68.7 Å². The van der Waals surface area contributed by atoms with E-state index in [1.807, 2.05) is 32.9 Å². The van der Waals surface area contributed by atoms with Gasteiger partial charge in [-0.25, -0.2) is 9.59 Å². The van der Waals surface area contributed by atoms with Crippen LogP contribution in [0.25, 0.3) is 6.08 Å². The maximum Gasteiger partial charge on any atom is 0.410 e. The molecule has 1 aromatic rings. The van der Waals surface area contributed by atoms with Gasteiger partial charge in [-0.15, -0.1) is 0 Å². The second kappa shape index (κ2) is 8.65. The van der Waals surface area contributed by atoms with Gasteiger partial charge in [-0.05, 0) is 63.3 Å². The van der Waals surface area contributed by atoms with Gasteiger partial charge in [0.15, 0.2) is 0 Å². The molecule has 2 heterocycles. The molecule has 6 heteroatoms. The van der Waals surface area contributed by atoms with Gasteiger partial charge in [-0.2, -0.15) is 0 Å². The van der Waals surface area contributed by atoms with E-state index >= 15 is 0 Å². The fourth-order valence-electron chi connectivity index (χ4n) is 2.50. The summed E-state index contributed by atoms with van der Waals surface area (Å²) in [6, 6.07) is 3.63. The number of esters is 1. The van der Waals surface area contributed by atoms with Crippen LogP contribution < -0.4 is 0 Å². The Balaban J connectivity index is 1.69. The number of rotatable bonds is 4. The van der Waals surface area contributed by atoms with Gasteiger partial charge in [-0.1, -0.05) is 0 Å². The van der Waals surface area contributed by atoms with Crippen molar-refractivity contribution in [3.05, 3.63) is 36.2 Å². The zero-order chi connectivity index (χ0) is 18.3. The summed E-state index contributed by atoms with van der Waals surface area (Å²) in [6.45, 7) is 7.21. The Hall–Kier alpha value is -2.37. The van der Waals surface area contributed by atoms with Crippen LogP contribution in [-0.2, 0) is 14.3 Å². The number of amides is 1. The first-order chi connectivity index (χ1) is 11.8. The monoisotopic (exact) mass is 346 g/mol. The Labute approximate surface area is 148 Å². The van der Waals surface area contributed by atoms with Gasteiger partial charge in [0.05, 0.1) is 6.61 Å². The molecule has 0 spiro atoms. The number of hydrogen-bond donors (Lipinski definition) is 0. The summed E-state index contributed by atoms with van der Waals surface area (Å²) in [4.78, 5) is 29.4. The van der Waals surface area contributed by atoms with Crippen LogP contribution in [0, 0.1) is 5.92 Å². The van der Waals surface area contributed by atoms with E-state index < -0.39 is 5.60 Å². The second-order valence-corrected chi connectivity index (χ2v) is 7.15. The van der Waals surface area contributed by atoms with Gasteiger partial charge >= 0.3 is 12.1 Å². The highest BCUT2D eigenvalue weighted by atomic mass is 16.6. The molecule has 1 aromatic heterocycles. The Morgan fingerprint density at radius 1 is 1.24 bits per heavy atom. The third-order valence-corrected chi connectivity index (χ3v) is 3.85. The minimum Gasteiger partial charge on any atom is -0.462 e. The molecule has 1 amide bonds. The summed E-state index contributed by atoms with van der Waals surface area (Å²) in [7, 11) is 0. The fourth-order valence-corrected chi connectivity index (χ4v) is 2.50. The van der Waals surface area contributed by atoms with Crippen LogP contribution in [0.3, 0.4) is 0 Å². The number of carbonyl (C=O) groups excluding carboxylic acids is 2. The van der Waals surface area contributed by atoms with Crippen LogP contribution in [0.2, 0.25) is 0 Å². The molecule has 1 aliphatic rings. The summed E-state index contributed by atoms with van der Waals surface area (Å²) < 4.78 is 10.7. The van der Waals surface area contributed by atoms with E-state index in [1.165, 1.54) is 6.08 Å². The van der Waals surface area contributed by atoms with Crippen molar-refractivity contribution in [2.75, 3.05) is 19.7 Å². The predicted molar refractivity (Wildman–Crippen MR) is 94.8 cm³/mol. The Morgan fingerprint density at radius 3 is 2.48 bits per heavy atom. The molecule has 0 aromatic carbocycles. The van der Waals surface area contributed by atoms with Gasteiger partial charge in [0.1, 0.15) is 5.60 Å². The van der Waals surface area contributed by atoms with Crippen LogP contribution in [-0.4, -0.2) is 47.2 Å². The summed E-state index contributed by atoms with van der Waals surface area (Å²) >= 11 is 0. The lowest BCUT2D eigenvalue weighted by Crippen LogP contribution is -2.42. The molecular weight excluding hydrogens is 320 g/mol. The standard InChI is InChI=1S/C19H26N2O4/c1-19(2,3)25-18(23)21-12-8-16(9-13-21)14-24-17(22)5-4-15-6-10-20-11-7-15/h4-7,10-11,16H,8-9,12-14H2,1-3H3/b5-4+. The number of pyridine rings is 1. The highest BCUT2D eigenvalue weighted by Crippen LogP contribution is 2.20. The molecule has 136 valence electrons. The average Bonchev–Trinajstić information content (AvgIpc) is 2.58. The molecule has 0 N–H and O–H groups in total. The molecule has 0 aliphatic carbocycles. The molecule has 1 saturated heterocycles. The van der Waals surface area contributed by atoms with Crippen molar-refractivity contribution in [3.63, 3.8) is 0 Å². The van der Waals surface area contributed by atoms with Crippen LogP contribution in [0.4, 0.5) is 4.79 Å². The Morgan fingerprint density at radius 2 is 1.88 bits per heavy atom. The zero-order valence-electron chi connectivity index (χ0n) is 15.1. The van der Waals surface area contributed by atoms with E-state index in [2.05, 4.69) is 4.98 Å². The van der Waals surface area contributed by atoms with E-state index in [0.29, 0.717) is 19.7 Å². The molecule has 1 fully saturated rings. The lowest BCUT2D eigenvalue weighted by Gasteiger charge is -2.33. The van der Waals surface area contributed by atoms with Crippen molar-refractivity contribution >= 4 is 18.1 Å². The summed E-state index contributed by atoms with van der Waals surface area (Å²) in [5, 5.41) is 0. The van der Waals surface area contributed by atoms with Crippen molar-refractivity contribution in [2.24, 2.45) is 5.92 Å². The largest absolute Gasteiger partial charge is 0.462 e. The molecule has 25 heavy (non-hydrogen) atoms. The van der Waals surface area contributed by atoms with E-state index in [0.717, 1.165) is 18.4 Å². The van der Waals surface area contributed by atoms with Gasteiger partial charge in [-0.3, -0.25) is 4.98 Å². The fraction of sp³-hybridized carbons (Fsp3) is 0.526. The summed E-state index contributed by atoms with van der Waals surface area (Å²) in [6.07, 6.45) is 7.80. The zero-order valence-corrected chi connectivity index (χ0v) is 15.1. The van der Waals surface area contributed by atoms with Crippen molar-refractivity contribution < 1.29 is 19.1 Å². The number of hydrogen-bond acceptors (Lipinski definition) is 5. The second-order valence-electron chi connectivity index (χ2n) is 7.15.